The minimum Gasteiger partial charge on any atom is -0.484 e. The van der Waals surface area contributed by atoms with Gasteiger partial charge < -0.3 is 15.4 Å². The molecular formula is C19H19N3O3. The molecule has 0 spiro atoms. The number of hydrogen-bond donors (Lipinski definition) is 2. The predicted molar refractivity (Wildman–Crippen MR) is 93.8 cm³/mol. The zero-order chi connectivity index (χ0) is 18.1. The molecule has 2 amide bonds. The fourth-order valence-corrected chi connectivity index (χ4v) is 2.02. The lowest BCUT2D eigenvalue weighted by Crippen LogP contribution is -2.22. The van der Waals surface area contributed by atoms with E-state index in [0.717, 1.165) is 11.1 Å². The molecule has 2 aromatic rings. The van der Waals surface area contributed by atoms with E-state index >= 15 is 0 Å². The van der Waals surface area contributed by atoms with Gasteiger partial charge in [-0.2, -0.15) is 5.26 Å². The van der Waals surface area contributed by atoms with Crippen LogP contribution in [0.25, 0.3) is 0 Å². The zero-order valence-corrected chi connectivity index (χ0v) is 13.9. The molecule has 2 rings (SSSR count). The zero-order valence-electron chi connectivity index (χ0n) is 13.9. The maximum absolute atomic E-state index is 11.9. The smallest absolute Gasteiger partial charge is 0.262 e. The molecule has 0 atom stereocenters. The predicted octanol–water partition coefficient (Wildman–Crippen LogP) is 2.54. The van der Waals surface area contributed by atoms with Crippen molar-refractivity contribution in [2.75, 3.05) is 11.9 Å². The van der Waals surface area contributed by atoms with Crippen LogP contribution in [0, 0.1) is 18.3 Å². The molecule has 2 aromatic carbocycles. The lowest BCUT2D eigenvalue weighted by Gasteiger charge is -2.09. The third-order valence-corrected chi connectivity index (χ3v) is 3.36. The first kappa shape index (κ1) is 18.0. The van der Waals surface area contributed by atoms with Crippen LogP contribution in [0.5, 0.6) is 5.75 Å². The first-order valence-electron chi connectivity index (χ1n) is 7.79. The normalized spacial score (nSPS) is 9.76. The van der Waals surface area contributed by atoms with Gasteiger partial charge in [0.25, 0.3) is 5.91 Å². The van der Waals surface area contributed by atoms with Crippen LogP contribution < -0.4 is 15.4 Å². The monoisotopic (exact) mass is 337 g/mol. The Balaban J connectivity index is 1.78. The van der Waals surface area contributed by atoms with Gasteiger partial charge in [-0.15, -0.1) is 0 Å². The Labute approximate surface area is 146 Å². The summed E-state index contributed by atoms with van der Waals surface area (Å²) in [7, 11) is 0. The molecule has 0 unspecified atom stereocenters. The van der Waals surface area contributed by atoms with E-state index in [1.165, 1.54) is 0 Å². The first-order chi connectivity index (χ1) is 12.1. The van der Waals surface area contributed by atoms with Crippen molar-refractivity contribution in [3.05, 3.63) is 59.7 Å². The number of benzene rings is 2. The lowest BCUT2D eigenvalue weighted by molar-refractivity contribution is -0.120. The van der Waals surface area contributed by atoms with Gasteiger partial charge in [-0.1, -0.05) is 29.8 Å². The SMILES string of the molecule is Cc1ccc(OCC(=O)Nc2ccc(CNC(=O)CC#N)cc2)cc1. The summed E-state index contributed by atoms with van der Waals surface area (Å²) in [5.74, 6) is 0.0768. The molecule has 0 radical (unpaired) electrons. The number of aryl methyl sites for hydroxylation is 1. The summed E-state index contributed by atoms with van der Waals surface area (Å²) >= 11 is 0. The Bertz CT molecular complexity index is 762. The van der Waals surface area contributed by atoms with Crippen molar-refractivity contribution in [1.82, 2.24) is 5.32 Å². The number of nitriles is 1. The molecule has 0 fully saturated rings. The van der Waals surface area contributed by atoms with Crippen molar-refractivity contribution in [3.63, 3.8) is 0 Å². The molecule has 0 aliphatic rings. The Kier molecular flexibility index (Phi) is 6.55. The highest BCUT2D eigenvalue weighted by molar-refractivity contribution is 5.91. The van der Waals surface area contributed by atoms with Crippen molar-refractivity contribution in [2.45, 2.75) is 19.9 Å². The Morgan fingerprint density at radius 3 is 2.36 bits per heavy atom. The topological polar surface area (TPSA) is 91.2 Å². The van der Waals surface area contributed by atoms with E-state index < -0.39 is 0 Å². The quantitative estimate of drug-likeness (QED) is 0.812. The average Bonchev–Trinajstić information content (AvgIpc) is 2.61. The minimum atomic E-state index is -0.312. The van der Waals surface area contributed by atoms with E-state index in [9.17, 15) is 9.59 Å². The first-order valence-corrected chi connectivity index (χ1v) is 7.79. The molecule has 0 saturated heterocycles. The molecular weight excluding hydrogens is 318 g/mol. The van der Waals surface area contributed by atoms with Gasteiger partial charge in [0.15, 0.2) is 6.61 Å². The van der Waals surface area contributed by atoms with Gasteiger partial charge in [0.2, 0.25) is 5.91 Å². The second-order valence-electron chi connectivity index (χ2n) is 5.46. The fourth-order valence-electron chi connectivity index (χ4n) is 2.02. The van der Waals surface area contributed by atoms with Gasteiger partial charge >= 0.3 is 0 Å². The minimum absolute atomic E-state index is 0.0744. The average molecular weight is 337 g/mol. The van der Waals surface area contributed by atoms with Crippen LogP contribution in [0.4, 0.5) is 5.69 Å². The van der Waals surface area contributed by atoms with E-state index in [1.54, 1.807) is 30.3 Å². The number of anilines is 1. The maximum atomic E-state index is 11.9. The number of hydrogen-bond acceptors (Lipinski definition) is 4. The van der Waals surface area contributed by atoms with Crippen LogP contribution in [0.2, 0.25) is 0 Å². The van der Waals surface area contributed by atoms with Gasteiger partial charge in [-0.3, -0.25) is 9.59 Å². The van der Waals surface area contributed by atoms with Gasteiger partial charge in [0.1, 0.15) is 12.2 Å². The van der Waals surface area contributed by atoms with Crippen LogP contribution >= 0.6 is 0 Å². The van der Waals surface area contributed by atoms with Gasteiger partial charge in [0, 0.05) is 12.2 Å². The molecule has 2 N–H and O–H groups in total. The van der Waals surface area contributed by atoms with E-state index in [2.05, 4.69) is 10.6 Å². The summed E-state index contributed by atoms with van der Waals surface area (Å²) in [6.07, 6.45) is -0.158. The summed E-state index contributed by atoms with van der Waals surface area (Å²) < 4.78 is 5.42. The molecule has 6 heteroatoms. The highest BCUT2D eigenvalue weighted by Gasteiger charge is 2.05. The Morgan fingerprint density at radius 1 is 1.04 bits per heavy atom. The van der Waals surface area contributed by atoms with Gasteiger partial charge in [-0.05, 0) is 36.8 Å². The van der Waals surface area contributed by atoms with Crippen LogP contribution in [0.3, 0.4) is 0 Å². The van der Waals surface area contributed by atoms with Crippen LogP contribution in [0.1, 0.15) is 17.5 Å². The van der Waals surface area contributed by atoms with Gasteiger partial charge in [-0.25, -0.2) is 0 Å². The fraction of sp³-hybridized carbons (Fsp3) is 0.211. The molecule has 25 heavy (non-hydrogen) atoms. The summed E-state index contributed by atoms with van der Waals surface area (Å²) in [6.45, 7) is 2.25. The number of carbonyl (C=O) groups is 2. The molecule has 0 aliphatic heterocycles. The van der Waals surface area contributed by atoms with E-state index in [1.807, 2.05) is 31.2 Å². The summed E-state index contributed by atoms with van der Waals surface area (Å²) in [4.78, 5) is 23.1. The Morgan fingerprint density at radius 2 is 1.72 bits per heavy atom. The second kappa shape index (κ2) is 9.08. The summed E-state index contributed by atoms with van der Waals surface area (Å²) in [5.41, 5.74) is 2.64. The highest BCUT2D eigenvalue weighted by Crippen LogP contribution is 2.12. The molecule has 0 bridgehead atoms. The molecule has 6 nitrogen and oxygen atoms in total. The van der Waals surface area contributed by atoms with Crippen LogP contribution in [0.15, 0.2) is 48.5 Å². The van der Waals surface area contributed by atoms with Crippen molar-refractivity contribution in [1.29, 1.82) is 5.26 Å². The molecule has 0 saturated carbocycles. The van der Waals surface area contributed by atoms with E-state index in [0.29, 0.717) is 18.0 Å². The maximum Gasteiger partial charge on any atom is 0.262 e. The molecule has 128 valence electrons. The van der Waals surface area contributed by atoms with Crippen molar-refractivity contribution >= 4 is 17.5 Å². The van der Waals surface area contributed by atoms with E-state index in [4.69, 9.17) is 10.00 Å². The number of rotatable bonds is 7. The number of nitrogens with one attached hydrogen (secondary N) is 2. The van der Waals surface area contributed by atoms with Crippen molar-refractivity contribution in [2.24, 2.45) is 0 Å². The number of carbonyl (C=O) groups excluding carboxylic acids is 2. The lowest BCUT2D eigenvalue weighted by atomic mass is 10.2. The largest absolute Gasteiger partial charge is 0.484 e. The summed E-state index contributed by atoms with van der Waals surface area (Å²) in [6, 6.07) is 16.3. The third kappa shape index (κ3) is 6.36. The summed E-state index contributed by atoms with van der Waals surface area (Å²) in [5, 5.41) is 13.8. The number of nitrogens with zero attached hydrogens (tertiary/aromatic N) is 1. The standard InChI is InChI=1S/C19H19N3O3/c1-14-2-8-17(9-3-14)25-13-19(24)22-16-6-4-15(5-7-16)12-21-18(23)10-11-20/h2-9H,10,12-13H2,1H3,(H,21,23)(H,22,24). The second-order valence-corrected chi connectivity index (χ2v) is 5.46. The van der Waals surface area contributed by atoms with Crippen LogP contribution in [-0.2, 0) is 16.1 Å². The molecule has 0 aliphatic carbocycles. The third-order valence-electron chi connectivity index (χ3n) is 3.36. The highest BCUT2D eigenvalue weighted by atomic mass is 16.5. The van der Waals surface area contributed by atoms with Gasteiger partial charge in [0.05, 0.1) is 6.07 Å². The van der Waals surface area contributed by atoms with Crippen molar-refractivity contribution in [3.8, 4) is 11.8 Å². The van der Waals surface area contributed by atoms with E-state index in [-0.39, 0.29) is 24.8 Å². The van der Waals surface area contributed by atoms with Crippen molar-refractivity contribution < 1.29 is 14.3 Å². The number of amides is 2. The number of ether oxygens (including phenoxy) is 1. The van der Waals surface area contributed by atoms with Crippen LogP contribution in [-0.4, -0.2) is 18.4 Å². The molecule has 0 aromatic heterocycles. The molecule has 0 heterocycles. The Hall–Kier alpha value is -3.33.